The van der Waals surface area contributed by atoms with Gasteiger partial charge >= 0.3 is 11.9 Å². The van der Waals surface area contributed by atoms with Crippen molar-refractivity contribution in [1.82, 2.24) is 10.6 Å². The number of carbonyl (C=O) groups excluding carboxylic acids is 3. The maximum absolute atomic E-state index is 12.8. The quantitative estimate of drug-likeness (QED) is 0.0273. The molecular formula is C50H84N2O7. The monoisotopic (exact) mass is 825 g/mol. The van der Waals surface area contributed by atoms with Crippen molar-refractivity contribution in [2.45, 2.75) is 206 Å². The number of nitrogens with one attached hydrogen (secondary N) is 2. The van der Waals surface area contributed by atoms with Crippen LogP contribution in [-0.4, -0.2) is 59.3 Å². The number of hydrogen-bond acceptors (Lipinski definition) is 6. The molecule has 0 heterocycles. The molecule has 0 aliphatic rings. The summed E-state index contributed by atoms with van der Waals surface area (Å²) in [4.78, 5) is 47.7. The van der Waals surface area contributed by atoms with Gasteiger partial charge in [0.05, 0.1) is 13.2 Å². The Hall–Kier alpha value is -3.72. The van der Waals surface area contributed by atoms with Crippen LogP contribution in [0.2, 0.25) is 0 Å². The van der Waals surface area contributed by atoms with Gasteiger partial charge in [-0.3, -0.25) is 14.4 Å². The lowest BCUT2D eigenvalue weighted by Gasteiger charge is -2.17. The van der Waals surface area contributed by atoms with E-state index in [4.69, 9.17) is 14.9 Å². The van der Waals surface area contributed by atoms with E-state index in [0.717, 1.165) is 103 Å². The number of aliphatic hydroxyl groups is 1. The Labute approximate surface area is 359 Å². The average molecular weight is 825 g/mol. The Morgan fingerprint density at radius 2 is 1.00 bits per heavy atom. The summed E-state index contributed by atoms with van der Waals surface area (Å²) in [6, 6.07) is -1.39. The van der Waals surface area contributed by atoms with Crippen LogP contribution in [0.3, 0.4) is 0 Å². The van der Waals surface area contributed by atoms with Crippen LogP contribution < -0.4 is 10.6 Å². The first kappa shape index (κ1) is 55.3. The fourth-order valence-electron chi connectivity index (χ4n) is 6.38. The van der Waals surface area contributed by atoms with E-state index in [-0.39, 0.29) is 30.9 Å². The number of aliphatic hydroxyl groups excluding tert-OH is 1. The van der Waals surface area contributed by atoms with Crippen LogP contribution in [0.4, 0.5) is 0 Å². The molecular weight excluding hydrogens is 741 g/mol. The number of carboxylic acids is 1. The Balaban J connectivity index is 4.42. The van der Waals surface area contributed by atoms with Crippen molar-refractivity contribution in [3.8, 4) is 0 Å². The van der Waals surface area contributed by atoms with Gasteiger partial charge in [-0.2, -0.15) is 0 Å². The van der Waals surface area contributed by atoms with E-state index in [1.165, 1.54) is 57.8 Å². The molecule has 9 nitrogen and oxygen atoms in total. The number of rotatable bonds is 41. The minimum absolute atomic E-state index is 0.0900. The predicted octanol–water partition coefficient (Wildman–Crippen LogP) is 11.9. The zero-order valence-corrected chi connectivity index (χ0v) is 37.2. The van der Waals surface area contributed by atoms with Gasteiger partial charge in [0.25, 0.3) is 0 Å². The number of amides is 2. The highest BCUT2D eigenvalue weighted by Crippen LogP contribution is 2.17. The van der Waals surface area contributed by atoms with Crippen LogP contribution in [0, 0.1) is 0 Å². The number of aliphatic carboxylic acids is 1. The molecule has 2 unspecified atom stereocenters. The number of hydrogen-bond donors (Lipinski definition) is 4. The zero-order chi connectivity index (χ0) is 43.3. The second kappa shape index (κ2) is 43.8. The summed E-state index contributed by atoms with van der Waals surface area (Å²) in [5.74, 6) is -2.36. The molecule has 336 valence electrons. The van der Waals surface area contributed by atoms with E-state index < -0.39 is 24.5 Å². The summed E-state index contributed by atoms with van der Waals surface area (Å²) in [5, 5.41) is 22.6. The molecule has 0 spiro atoms. The van der Waals surface area contributed by atoms with E-state index in [2.05, 4.69) is 97.4 Å². The van der Waals surface area contributed by atoms with Gasteiger partial charge in [0, 0.05) is 12.8 Å². The molecule has 9 heteroatoms. The molecule has 0 bridgehead atoms. The third-order valence-electron chi connectivity index (χ3n) is 9.95. The smallest absolute Gasteiger partial charge is 0.328 e. The Bertz CT molecular complexity index is 1220. The highest BCUT2D eigenvalue weighted by atomic mass is 16.5. The maximum Gasteiger partial charge on any atom is 0.328 e. The van der Waals surface area contributed by atoms with E-state index in [0.29, 0.717) is 12.8 Å². The number of allylic oxidation sites excluding steroid dienone is 12. The Morgan fingerprint density at radius 1 is 0.525 bits per heavy atom. The van der Waals surface area contributed by atoms with Crippen molar-refractivity contribution in [2.24, 2.45) is 0 Å². The van der Waals surface area contributed by atoms with Crippen molar-refractivity contribution < 1.29 is 34.1 Å². The highest BCUT2D eigenvalue weighted by Gasteiger charge is 2.19. The second-order valence-electron chi connectivity index (χ2n) is 15.5. The molecule has 0 aliphatic heterocycles. The summed E-state index contributed by atoms with van der Waals surface area (Å²) >= 11 is 0. The molecule has 0 saturated heterocycles. The van der Waals surface area contributed by atoms with E-state index in [1.807, 2.05) is 0 Å². The molecule has 0 rings (SSSR count). The largest absolute Gasteiger partial charge is 0.480 e. The van der Waals surface area contributed by atoms with Gasteiger partial charge in [0.2, 0.25) is 11.8 Å². The molecule has 0 saturated carbocycles. The fourth-order valence-corrected chi connectivity index (χ4v) is 6.38. The number of unbranched alkanes of at least 4 members (excludes halogenated alkanes) is 15. The van der Waals surface area contributed by atoms with Crippen LogP contribution in [0.1, 0.15) is 194 Å². The van der Waals surface area contributed by atoms with Gasteiger partial charge in [-0.25, -0.2) is 4.79 Å². The Morgan fingerprint density at radius 3 is 1.54 bits per heavy atom. The van der Waals surface area contributed by atoms with Crippen molar-refractivity contribution in [3.05, 3.63) is 72.9 Å². The lowest BCUT2D eigenvalue weighted by Crippen LogP contribution is -2.47. The summed E-state index contributed by atoms with van der Waals surface area (Å²) in [5.41, 5.74) is 0. The molecule has 2 amide bonds. The third-order valence-corrected chi connectivity index (χ3v) is 9.95. The highest BCUT2D eigenvalue weighted by molar-refractivity contribution is 5.87. The first-order chi connectivity index (χ1) is 28.8. The molecule has 2 atom stereocenters. The van der Waals surface area contributed by atoms with Gasteiger partial charge in [-0.05, 0) is 96.3 Å². The first-order valence-corrected chi connectivity index (χ1v) is 23.3. The minimum Gasteiger partial charge on any atom is -0.480 e. The van der Waals surface area contributed by atoms with Crippen LogP contribution in [0.25, 0.3) is 0 Å². The SMILES string of the molecule is CC/C=C\C/C=C\C/C=C\C/C=C\CCC(CCCCCCCC(=O)NCC(=O)NC(CO)C(=O)O)OC(=O)CCCCCCCCC/C=C\C/C=C\CCCCCC. The van der Waals surface area contributed by atoms with Gasteiger partial charge in [0.15, 0.2) is 0 Å². The topological polar surface area (TPSA) is 142 Å². The molecule has 0 aliphatic carbocycles. The molecule has 4 N–H and O–H groups in total. The Kier molecular flexibility index (Phi) is 41.1. The van der Waals surface area contributed by atoms with Gasteiger partial charge < -0.3 is 25.6 Å². The number of ether oxygens (including phenoxy) is 1. The van der Waals surface area contributed by atoms with Crippen molar-refractivity contribution in [1.29, 1.82) is 0 Å². The lowest BCUT2D eigenvalue weighted by atomic mass is 10.0. The fraction of sp³-hybridized carbons (Fsp3) is 0.680. The zero-order valence-electron chi connectivity index (χ0n) is 37.2. The van der Waals surface area contributed by atoms with Crippen LogP contribution in [0.15, 0.2) is 72.9 Å². The summed E-state index contributed by atoms with van der Waals surface area (Å²) in [7, 11) is 0. The normalized spacial score (nSPS) is 13.1. The molecule has 59 heavy (non-hydrogen) atoms. The standard InChI is InChI=1S/C50H84N2O7/c1-3-5-7-9-11-13-15-17-18-19-20-21-23-25-27-29-34-38-42-49(56)59-45(39-35-31-28-26-24-22-16-14-12-10-8-6-4-2)40-36-32-30-33-37-41-47(54)51-43-48(55)52-46(44-53)50(57)58/h6,8,12-15,18-19,22,24,28,31,45-46,53H,3-5,7,9-11,16-17,20-21,23,25-27,29-30,32-44H2,1-2H3,(H,51,54)(H,52,55)(H,57,58)/b8-6-,14-12-,15-13-,19-18-,24-22-,31-28-. The van der Waals surface area contributed by atoms with E-state index in [9.17, 15) is 19.2 Å². The van der Waals surface area contributed by atoms with Crippen LogP contribution >= 0.6 is 0 Å². The average Bonchev–Trinajstić information content (AvgIpc) is 3.22. The van der Waals surface area contributed by atoms with E-state index in [1.54, 1.807) is 0 Å². The second-order valence-corrected chi connectivity index (χ2v) is 15.5. The number of carboxylic acid groups (broad SMARTS) is 1. The summed E-state index contributed by atoms with van der Waals surface area (Å²) < 4.78 is 6.00. The molecule has 0 fully saturated rings. The van der Waals surface area contributed by atoms with Crippen molar-refractivity contribution in [2.75, 3.05) is 13.2 Å². The number of carbonyl (C=O) groups is 4. The molecule has 0 radical (unpaired) electrons. The van der Waals surface area contributed by atoms with Gasteiger partial charge in [-0.15, -0.1) is 0 Å². The van der Waals surface area contributed by atoms with Gasteiger partial charge in [-0.1, -0.05) is 157 Å². The van der Waals surface area contributed by atoms with E-state index >= 15 is 0 Å². The first-order valence-electron chi connectivity index (χ1n) is 23.3. The third kappa shape index (κ3) is 40.8. The summed E-state index contributed by atoms with van der Waals surface area (Å²) in [6.45, 7) is 3.34. The van der Waals surface area contributed by atoms with Crippen molar-refractivity contribution in [3.63, 3.8) is 0 Å². The maximum atomic E-state index is 12.8. The predicted molar refractivity (Wildman–Crippen MR) is 245 cm³/mol. The van der Waals surface area contributed by atoms with Gasteiger partial charge in [0.1, 0.15) is 12.1 Å². The molecule has 0 aromatic carbocycles. The molecule has 0 aromatic heterocycles. The number of esters is 1. The van der Waals surface area contributed by atoms with Crippen LogP contribution in [-0.2, 0) is 23.9 Å². The molecule has 0 aromatic rings. The van der Waals surface area contributed by atoms with Crippen molar-refractivity contribution >= 4 is 23.8 Å². The lowest BCUT2D eigenvalue weighted by molar-refractivity contribution is -0.150. The summed E-state index contributed by atoms with van der Waals surface area (Å²) in [6.07, 6.45) is 55.0. The minimum atomic E-state index is -1.39. The van der Waals surface area contributed by atoms with Crippen LogP contribution in [0.5, 0.6) is 0 Å².